The highest BCUT2D eigenvalue weighted by molar-refractivity contribution is 5.84. The van der Waals surface area contributed by atoms with Crippen molar-refractivity contribution in [3.05, 3.63) is 29.3 Å². The molecule has 0 fully saturated rings. The maximum atomic E-state index is 12.9. The van der Waals surface area contributed by atoms with Gasteiger partial charge in [-0.2, -0.15) is 0 Å². The number of fused-ring (bicyclic) bond motifs is 1. The fraction of sp³-hybridized carbons (Fsp3) is 0.417. The first kappa shape index (κ1) is 11.0. The lowest BCUT2D eigenvalue weighted by Crippen LogP contribution is -2.24. The molecule has 0 saturated carbocycles. The van der Waals surface area contributed by atoms with Crippen LogP contribution in [-0.4, -0.2) is 11.9 Å². The number of benzene rings is 1. The summed E-state index contributed by atoms with van der Waals surface area (Å²) in [6, 6.07) is 2.10. The van der Waals surface area contributed by atoms with Crippen LogP contribution in [0, 0.1) is 11.6 Å². The molecule has 0 bridgehead atoms. The van der Waals surface area contributed by atoms with Gasteiger partial charge in [0.2, 0.25) is 0 Å². The van der Waals surface area contributed by atoms with Crippen molar-refractivity contribution in [1.29, 1.82) is 0 Å². The summed E-state index contributed by atoms with van der Waals surface area (Å²) in [5, 5.41) is 0. The van der Waals surface area contributed by atoms with Gasteiger partial charge in [0.15, 0.2) is 23.5 Å². The Balaban J connectivity index is 2.18. The molecule has 0 amide bonds. The van der Waals surface area contributed by atoms with Crippen LogP contribution in [0.1, 0.15) is 25.3 Å². The molecule has 1 unspecified atom stereocenters. The molecule has 86 valence electrons. The van der Waals surface area contributed by atoms with E-state index in [0.717, 1.165) is 18.6 Å². The average Bonchev–Trinajstić information content (AvgIpc) is 2.62. The summed E-state index contributed by atoms with van der Waals surface area (Å²) >= 11 is 0. The highest BCUT2D eigenvalue weighted by Gasteiger charge is 2.29. The first-order valence-electron chi connectivity index (χ1n) is 5.29. The first-order valence-corrected chi connectivity index (χ1v) is 5.29. The quantitative estimate of drug-likeness (QED) is 0.792. The molecular weight excluding hydrogens is 214 g/mol. The standard InChI is InChI=1S/C12H12F2O2/c1-2-3-10(15)12-5-7-4-8(13)9(14)6-11(7)16-12/h4,6,12H,2-3,5H2,1H3. The van der Waals surface area contributed by atoms with Crippen molar-refractivity contribution in [1.82, 2.24) is 0 Å². The second-order valence-corrected chi connectivity index (χ2v) is 3.90. The number of halogens is 2. The van der Waals surface area contributed by atoms with Crippen LogP contribution in [0.25, 0.3) is 0 Å². The number of rotatable bonds is 3. The number of hydrogen-bond donors (Lipinski definition) is 0. The number of ether oxygens (including phenoxy) is 1. The van der Waals surface area contributed by atoms with E-state index in [4.69, 9.17) is 4.74 Å². The summed E-state index contributed by atoms with van der Waals surface area (Å²) in [5.41, 5.74) is 0.563. The van der Waals surface area contributed by atoms with Gasteiger partial charge in [0.1, 0.15) is 5.75 Å². The van der Waals surface area contributed by atoms with Crippen molar-refractivity contribution >= 4 is 5.78 Å². The Bertz CT molecular complexity index is 398. The molecule has 1 aliphatic rings. The Kier molecular flexibility index (Phi) is 2.90. The SMILES string of the molecule is CCCC(=O)C1Cc2cc(F)c(F)cc2O1. The summed E-state index contributed by atoms with van der Waals surface area (Å²) in [6.45, 7) is 1.90. The molecule has 1 aliphatic heterocycles. The van der Waals surface area contributed by atoms with E-state index in [1.54, 1.807) is 0 Å². The zero-order valence-corrected chi connectivity index (χ0v) is 8.93. The highest BCUT2D eigenvalue weighted by atomic mass is 19.2. The Morgan fingerprint density at radius 3 is 2.81 bits per heavy atom. The summed E-state index contributed by atoms with van der Waals surface area (Å²) in [6.07, 6.45) is 0.948. The topological polar surface area (TPSA) is 26.3 Å². The largest absolute Gasteiger partial charge is 0.482 e. The monoisotopic (exact) mass is 226 g/mol. The van der Waals surface area contributed by atoms with Crippen molar-refractivity contribution in [3.63, 3.8) is 0 Å². The van der Waals surface area contributed by atoms with Crippen molar-refractivity contribution in [2.24, 2.45) is 0 Å². The molecule has 0 N–H and O–H groups in total. The summed E-state index contributed by atoms with van der Waals surface area (Å²) in [5.74, 6) is -1.57. The van der Waals surface area contributed by atoms with E-state index < -0.39 is 17.7 Å². The number of ketones is 1. The van der Waals surface area contributed by atoms with E-state index in [-0.39, 0.29) is 11.5 Å². The van der Waals surface area contributed by atoms with Crippen molar-refractivity contribution in [2.75, 3.05) is 0 Å². The second-order valence-electron chi connectivity index (χ2n) is 3.90. The highest BCUT2D eigenvalue weighted by Crippen LogP contribution is 2.31. The molecule has 0 radical (unpaired) electrons. The Morgan fingerprint density at radius 2 is 2.12 bits per heavy atom. The van der Waals surface area contributed by atoms with Crippen molar-refractivity contribution < 1.29 is 18.3 Å². The van der Waals surface area contributed by atoms with Crippen LogP contribution in [0.5, 0.6) is 5.75 Å². The van der Waals surface area contributed by atoms with E-state index in [2.05, 4.69) is 0 Å². The van der Waals surface area contributed by atoms with Gasteiger partial charge in [-0.3, -0.25) is 4.79 Å². The van der Waals surface area contributed by atoms with Gasteiger partial charge in [-0.25, -0.2) is 8.78 Å². The lowest BCUT2D eigenvalue weighted by atomic mass is 10.0. The van der Waals surface area contributed by atoms with Crippen LogP contribution in [0.15, 0.2) is 12.1 Å². The molecule has 0 saturated heterocycles. The molecule has 1 aromatic carbocycles. The van der Waals surface area contributed by atoms with Gasteiger partial charge in [-0.05, 0) is 12.5 Å². The molecule has 2 nitrogen and oxygen atoms in total. The molecule has 1 aromatic rings. The van der Waals surface area contributed by atoms with Crippen molar-refractivity contribution in [2.45, 2.75) is 32.3 Å². The average molecular weight is 226 g/mol. The number of carbonyl (C=O) groups excluding carboxylic acids is 1. The lowest BCUT2D eigenvalue weighted by molar-refractivity contribution is -0.125. The molecule has 0 spiro atoms. The third-order valence-corrected chi connectivity index (χ3v) is 2.63. The maximum absolute atomic E-state index is 12.9. The lowest BCUT2D eigenvalue weighted by Gasteiger charge is -2.07. The van der Waals surface area contributed by atoms with E-state index >= 15 is 0 Å². The van der Waals surface area contributed by atoms with Gasteiger partial charge in [-0.1, -0.05) is 6.92 Å². The van der Waals surface area contributed by atoms with E-state index in [1.807, 2.05) is 6.92 Å². The number of carbonyl (C=O) groups is 1. The fourth-order valence-corrected chi connectivity index (χ4v) is 1.82. The normalized spacial score (nSPS) is 18.1. The molecule has 4 heteroatoms. The van der Waals surface area contributed by atoms with Gasteiger partial charge in [-0.15, -0.1) is 0 Å². The van der Waals surface area contributed by atoms with Gasteiger partial charge in [0.25, 0.3) is 0 Å². The van der Waals surface area contributed by atoms with Gasteiger partial charge in [0, 0.05) is 24.5 Å². The van der Waals surface area contributed by atoms with E-state index in [9.17, 15) is 13.6 Å². The van der Waals surface area contributed by atoms with Gasteiger partial charge < -0.3 is 4.74 Å². The Morgan fingerprint density at radius 1 is 1.44 bits per heavy atom. The minimum Gasteiger partial charge on any atom is -0.482 e. The molecule has 0 aliphatic carbocycles. The predicted molar refractivity (Wildman–Crippen MR) is 54.4 cm³/mol. The predicted octanol–water partition coefficient (Wildman–Crippen LogP) is 2.64. The van der Waals surface area contributed by atoms with E-state index in [0.29, 0.717) is 18.4 Å². The fourth-order valence-electron chi connectivity index (χ4n) is 1.82. The molecular formula is C12H12F2O2. The minimum absolute atomic E-state index is 0.0143. The van der Waals surface area contributed by atoms with Gasteiger partial charge >= 0.3 is 0 Å². The third-order valence-electron chi connectivity index (χ3n) is 2.63. The van der Waals surface area contributed by atoms with Crippen LogP contribution in [0.2, 0.25) is 0 Å². The molecule has 1 heterocycles. The first-order chi connectivity index (χ1) is 7.61. The zero-order valence-electron chi connectivity index (χ0n) is 8.93. The maximum Gasteiger partial charge on any atom is 0.173 e. The number of Topliss-reactive ketones (excluding diaryl/α,β-unsaturated/α-hetero) is 1. The van der Waals surface area contributed by atoms with Crippen LogP contribution in [0.3, 0.4) is 0 Å². The Hall–Kier alpha value is -1.45. The van der Waals surface area contributed by atoms with Gasteiger partial charge in [0.05, 0.1) is 0 Å². The summed E-state index contributed by atoms with van der Waals surface area (Å²) in [7, 11) is 0. The minimum atomic E-state index is -0.942. The Labute approximate surface area is 92.2 Å². The smallest absolute Gasteiger partial charge is 0.173 e. The third kappa shape index (κ3) is 1.92. The van der Waals surface area contributed by atoms with Crippen LogP contribution in [0.4, 0.5) is 8.78 Å². The summed E-state index contributed by atoms with van der Waals surface area (Å²) in [4.78, 5) is 11.6. The van der Waals surface area contributed by atoms with Crippen LogP contribution < -0.4 is 4.74 Å². The molecule has 16 heavy (non-hydrogen) atoms. The van der Waals surface area contributed by atoms with E-state index in [1.165, 1.54) is 0 Å². The van der Waals surface area contributed by atoms with Crippen LogP contribution >= 0.6 is 0 Å². The second kappa shape index (κ2) is 4.20. The molecule has 1 atom stereocenters. The molecule has 0 aromatic heterocycles. The summed E-state index contributed by atoms with van der Waals surface area (Å²) < 4.78 is 31.1. The van der Waals surface area contributed by atoms with Crippen molar-refractivity contribution in [3.8, 4) is 5.75 Å². The molecule has 2 rings (SSSR count). The zero-order chi connectivity index (χ0) is 11.7. The van der Waals surface area contributed by atoms with Crippen LogP contribution in [-0.2, 0) is 11.2 Å². The number of hydrogen-bond acceptors (Lipinski definition) is 2.